The second-order valence-corrected chi connectivity index (χ2v) is 8.70. The third kappa shape index (κ3) is 5.87. The molecule has 0 aliphatic heterocycles. The zero-order chi connectivity index (χ0) is 25.3. The molecule has 0 spiro atoms. The highest BCUT2D eigenvalue weighted by atomic mass is 16.5. The van der Waals surface area contributed by atoms with Gasteiger partial charge in [0.1, 0.15) is 0 Å². The fourth-order valence-electron chi connectivity index (χ4n) is 4.41. The maximum absolute atomic E-state index is 10.3. The lowest BCUT2D eigenvalue weighted by atomic mass is 9.69. The number of rotatable bonds is 13. The number of benzene rings is 2. The Morgan fingerprint density at radius 2 is 1.44 bits per heavy atom. The third-order valence-corrected chi connectivity index (χ3v) is 6.46. The van der Waals surface area contributed by atoms with Crippen molar-refractivity contribution in [3.8, 4) is 34.8 Å². The van der Waals surface area contributed by atoms with E-state index in [1.165, 1.54) is 0 Å². The molecule has 0 saturated carbocycles. The van der Waals surface area contributed by atoms with E-state index in [0.29, 0.717) is 41.6 Å². The van der Waals surface area contributed by atoms with E-state index in [4.69, 9.17) is 29.4 Å². The first-order chi connectivity index (χ1) is 16.3. The summed E-state index contributed by atoms with van der Waals surface area (Å²) < 4.78 is 27.2. The van der Waals surface area contributed by atoms with Gasteiger partial charge in [-0.25, -0.2) is 0 Å². The number of methoxy groups -OCH3 is 5. The van der Waals surface area contributed by atoms with Crippen molar-refractivity contribution in [1.29, 1.82) is 5.26 Å². The van der Waals surface area contributed by atoms with Gasteiger partial charge in [0.2, 0.25) is 5.75 Å². The Kier molecular flexibility index (Phi) is 9.88. The first-order valence-electron chi connectivity index (χ1n) is 11.5. The van der Waals surface area contributed by atoms with Crippen LogP contribution in [0.25, 0.3) is 0 Å². The lowest BCUT2D eigenvalue weighted by Gasteiger charge is -2.32. The Balaban J connectivity index is 2.20. The molecule has 0 bridgehead atoms. The average molecular weight is 471 g/mol. The Labute approximate surface area is 203 Å². The monoisotopic (exact) mass is 470 g/mol. The molecule has 2 N–H and O–H groups in total. The Morgan fingerprint density at radius 3 is 1.91 bits per heavy atom. The number of hydrogen-bond donors (Lipinski definition) is 1. The first kappa shape index (κ1) is 27.1. The first-order valence-corrected chi connectivity index (χ1v) is 11.5. The standard InChI is InChI=1S/C27H38N2O5/c1-18(2)27(17-28,20-15-24(32-5)26(34-7)25(16-20)33-6)12-8-9-21(29)13-19-10-11-22(30-3)23(14-19)31-4/h10-11,14-16,18,21H,8-9,12-13,29H2,1-7H3. The van der Waals surface area contributed by atoms with Crippen LogP contribution in [0.4, 0.5) is 0 Å². The highest BCUT2D eigenvalue weighted by Crippen LogP contribution is 2.45. The Hall–Kier alpha value is -3.11. The van der Waals surface area contributed by atoms with E-state index < -0.39 is 5.41 Å². The van der Waals surface area contributed by atoms with E-state index >= 15 is 0 Å². The summed E-state index contributed by atoms with van der Waals surface area (Å²) in [5.74, 6) is 3.06. The van der Waals surface area contributed by atoms with Crippen LogP contribution in [0, 0.1) is 17.2 Å². The fraction of sp³-hybridized carbons (Fsp3) is 0.519. The molecule has 2 aromatic rings. The van der Waals surface area contributed by atoms with Gasteiger partial charge in [-0.3, -0.25) is 0 Å². The van der Waals surface area contributed by atoms with Crippen molar-refractivity contribution in [3.63, 3.8) is 0 Å². The van der Waals surface area contributed by atoms with Gasteiger partial charge in [0.25, 0.3) is 0 Å². The predicted octanol–water partition coefficient (Wildman–Crippen LogP) is 4.89. The van der Waals surface area contributed by atoms with Gasteiger partial charge in [0, 0.05) is 6.04 Å². The van der Waals surface area contributed by atoms with E-state index in [9.17, 15) is 5.26 Å². The van der Waals surface area contributed by atoms with Crippen LogP contribution in [-0.2, 0) is 11.8 Å². The van der Waals surface area contributed by atoms with E-state index in [0.717, 1.165) is 24.0 Å². The van der Waals surface area contributed by atoms with Crippen molar-refractivity contribution in [2.45, 2.75) is 51.0 Å². The number of nitrogens with two attached hydrogens (primary N) is 1. The van der Waals surface area contributed by atoms with Gasteiger partial charge in [-0.1, -0.05) is 19.9 Å². The van der Waals surface area contributed by atoms with Crippen molar-refractivity contribution in [2.75, 3.05) is 35.5 Å². The molecule has 186 valence electrons. The summed E-state index contributed by atoms with van der Waals surface area (Å²) >= 11 is 0. The lowest BCUT2D eigenvalue weighted by molar-refractivity contribution is 0.315. The molecule has 0 heterocycles. The summed E-state index contributed by atoms with van der Waals surface area (Å²) in [6.07, 6.45) is 2.97. The molecule has 2 aromatic carbocycles. The second-order valence-electron chi connectivity index (χ2n) is 8.70. The number of nitrogens with zero attached hydrogens (tertiary/aromatic N) is 1. The molecular formula is C27H38N2O5. The van der Waals surface area contributed by atoms with Crippen molar-refractivity contribution in [2.24, 2.45) is 11.7 Å². The maximum Gasteiger partial charge on any atom is 0.203 e. The molecule has 0 radical (unpaired) electrons. The molecule has 2 unspecified atom stereocenters. The molecular weight excluding hydrogens is 432 g/mol. The average Bonchev–Trinajstić information content (AvgIpc) is 2.85. The normalized spacial score (nSPS) is 13.5. The minimum atomic E-state index is -0.712. The fourth-order valence-corrected chi connectivity index (χ4v) is 4.41. The number of ether oxygens (including phenoxy) is 5. The zero-order valence-corrected chi connectivity index (χ0v) is 21.4. The predicted molar refractivity (Wildman–Crippen MR) is 133 cm³/mol. The van der Waals surface area contributed by atoms with Gasteiger partial charge >= 0.3 is 0 Å². The van der Waals surface area contributed by atoms with E-state index in [-0.39, 0.29) is 12.0 Å². The molecule has 2 rings (SSSR count). The molecule has 34 heavy (non-hydrogen) atoms. The summed E-state index contributed by atoms with van der Waals surface area (Å²) in [4.78, 5) is 0. The highest BCUT2D eigenvalue weighted by molar-refractivity contribution is 5.56. The molecule has 0 aromatic heterocycles. The van der Waals surface area contributed by atoms with Gasteiger partial charge in [0.05, 0.1) is 47.0 Å². The molecule has 7 heteroatoms. The van der Waals surface area contributed by atoms with Crippen LogP contribution >= 0.6 is 0 Å². The molecule has 2 atom stereocenters. The SMILES string of the molecule is COc1ccc(CC(N)CCCC(C#N)(c2cc(OC)c(OC)c(OC)c2)C(C)C)cc1OC. The topological polar surface area (TPSA) is 96.0 Å². The molecule has 7 nitrogen and oxygen atoms in total. The molecule has 0 fully saturated rings. The van der Waals surface area contributed by atoms with Gasteiger partial charge in [0.15, 0.2) is 23.0 Å². The summed E-state index contributed by atoms with van der Waals surface area (Å²) in [5, 5.41) is 10.3. The minimum absolute atomic E-state index is 0.0402. The number of nitriles is 1. The van der Waals surface area contributed by atoms with Crippen LogP contribution in [-0.4, -0.2) is 41.6 Å². The Bertz CT molecular complexity index is 960. The lowest BCUT2D eigenvalue weighted by Crippen LogP contribution is -2.32. The maximum atomic E-state index is 10.3. The van der Waals surface area contributed by atoms with Gasteiger partial charge in [-0.15, -0.1) is 0 Å². The second kappa shape index (κ2) is 12.4. The van der Waals surface area contributed by atoms with Crippen LogP contribution in [0.3, 0.4) is 0 Å². The van der Waals surface area contributed by atoms with E-state index in [2.05, 4.69) is 19.9 Å². The van der Waals surface area contributed by atoms with Crippen molar-refractivity contribution < 1.29 is 23.7 Å². The largest absolute Gasteiger partial charge is 0.493 e. The summed E-state index contributed by atoms with van der Waals surface area (Å²) in [5.41, 5.74) is 7.70. The minimum Gasteiger partial charge on any atom is -0.493 e. The van der Waals surface area contributed by atoms with Gasteiger partial charge in [-0.05, 0) is 67.0 Å². The van der Waals surface area contributed by atoms with Crippen molar-refractivity contribution in [1.82, 2.24) is 0 Å². The van der Waals surface area contributed by atoms with Crippen molar-refractivity contribution >= 4 is 0 Å². The summed E-state index contributed by atoms with van der Waals surface area (Å²) in [7, 11) is 7.97. The van der Waals surface area contributed by atoms with Crippen LogP contribution < -0.4 is 29.4 Å². The van der Waals surface area contributed by atoms with Gasteiger partial charge < -0.3 is 29.4 Å². The zero-order valence-electron chi connectivity index (χ0n) is 21.4. The van der Waals surface area contributed by atoms with Crippen LogP contribution in [0.5, 0.6) is 28.7 Å². The van der Waals surface area contributed by atoms with Gasteiger partial charge in [-0.2, -0.15) is 5.26 Å². The molecule has 0 aliphatic carbocycles. The quantitative estimate of drug-likeness (QED) is 0.445. The highest BCUT2D eigenvalue weighted by Gasteiger charge is 2.37. The van der Waals surface area contributed by atoms with E-state index in [1.54, 1.807) is 35.5 Å². The van der Waals surface area contributed by atoms with Crippen LogP contribution in [0.15, 0.2) is 30.3 Å². The van der Waals surface area contributed by atoms with Crippen molar-refractivity contribution in [3.05, 3.63) is 41.5 Å². The summed E-state index contributed by atoms with van der Waals surface area (Å²) in [6, 6.07) is 12.2. The van der Waals surface area contributed by atoms with Crippen LogP contribution in [0.1, 0.15) is 44.2 Å². The number of hydrogen-bond acceptors (Lipinski definition) is 7. The molecule has 0 amide bonds. The summed E-state index contributed by atoms with van der Waals surface area (Å²) in [6.45, 7) is 4.13. The molecule has 0 saturated heterocycles. The smallest absolute Gasteiger partial charge is 0.203 e. The van der Waals surface area contributed by atoms with E-state index in [1.807, 2.05) is 30.3 Å². The van der Waals surface area contributed by atoms with Crippen LogP contribution in [0.2, 0.25) is 0 Å². The third-order valence-electron chi connectivity index (χ3n) is 6.46. The molecule has 0 aliphatic rings. The Morgan fingerprint density at radius 1 is 0.853 bits per heavy atom.